The van der Waals surface area contributed by atoms with Crippen molar-refractivity contribution >= 4 is 85.8 Å². The third-order valence-electron chi connectivity index (χ3n) is 10.3. The highest BCUT2D eigenvalue weighted by Crippen LogP contribution is 2.45. The number of aromatic nitrogens is 1. The maximum absolute atomic E-state index is 6.18. The second-order valence-electron chi connectivity index (χ2n) is 13.1. The number of benzene rings is 8. The van der Waals surface area contributed by atoms with Gasteiger partial charge in [0, 0.05) is 48.9 Å². The Hall–Kier alpha value is -6.29. The van der Waals surface area contributed by atoms with Gasteiger partial charge in [-0.05, 0) is 109 Å². The molecular weight excluding hydrogens is 627 g/mol. The van der Waals surface area contributed by atoms with E-state index >= 15 is 0 Å². The highest BCUT2D eigenvalue weighted by atomic mass is 32.1. The topological polar surface area (TPSA) is 26.0 Å². The second-order valence-corrected chi connectivity index (χ2v) is 14.2. The number of hydrogen-bond acceptors (Lipinski definition) is 3. The molecule has 2 nitrogen and oxygen atoms in total. The average molecular weight is 654 g/mol. The molecule has 3 heterocycles. The van der Waals surface area contributed by atoms with Gasteiger partial charge >= 0.3 is 0 Å². The molecule has 0 spiro atoms. The van der Waals surface area contributed by atoms with Crippen LogP contribution in [0.5, 0.6) is 0 Å². The summed E-state index contributed by atoms with van der Waals surface area (Å²) in [5.74, 6) is 0. The molecule has 11 aromatic rings. The monoisotopic (exact) mass is 653 g/mol. The SMILES string of the molecule is c1ccc(-c2cc(-c3ccc4oc5ccccc5c4c3)cc(-c3cncc4c3sc3cc5c6ccccc6c6ccccc6c5cc34)c2)cc1. The Morgan fingerprint density at radius 1 is 0.360 bits per heavy atom. The lowest BCUT2D eigenvalue weighted by atomic mass is 9.92. The molecule has 3 heteroatoms. The van der Waals surface area contributed by atoms with Crippen LogP contribution in [-0.4, -0.2) is 4.98 Å². The van der Waals surface area contributed by atoms with Crippen LogP contribution in [0.4, 0.5) is 0 Å². The standard InChI is InChI=1S/C47H27NOS/c1-2-10-28(11-3-1)30-20-31(29-18-19-45-40(23-29)37-16-8-9-17-44(37)49-45)22-32(21-30)42-26-48-27-43-41-24-38-35-14-6-4-12-33(35)34-13-5-7-15-36(34)39(38)25-46(41)50-47(42)43/h1-27H. The zero-order valence-corrected chi connectivity index (χ0v) is 27.7. The summed E-state index contributed by atoms with van der Waals surface area (Å²) in [7, 11) is 0. The van der Waals surface area contributed by atoms with Gasteiger partial charge in [0.25, 0.3) is 0 Å². The minimum absolute atomic E-state index is 0.904. The Bertz CT molecular complexity index is 3150. The largest absolute Gasteiger partial charge is 0.456 e. The average Bonchev–Trinajstić information content (AvgIpc) is 3.75. The molecule has 0 aliphatic rings. The zero-order chi connectivity index (χ0) is 32.8. The van der Waals surface area contributed by atoms with E-state index in [4.69, 9.17) is 9.40 Å². The first-order valence-electron chi connectivity index (χ1n) is 16.9. The van der Waals surface area contributed by atoms with Crippen LogP contribution in [0, 0.1) is 0 Å². The van der Waals surface area contributed by atoms with Gasteiger partial charge < -0.3 is 4.42 Å². The molecule has 0 fully saturated rings. The fourth-order valence-electron chi connectivity index (χ4n) is 7.94. The Morgan fingerprint density at radius 2 is 0.960 bits per heavy atom. The lowest BCUT2D eigenvalue weighted by molar-refractivity contribution is 0.669. The van der Waals surface area contributed by atoms with E-state index in [2.05, 4.69) is 140 Å². The van der Waals surface area contributed by atoms with Crippen molar-refractivity contribution in [2.45, 2.75) is 0 Å². The van der Waals surface area contributed by atoms with Crippen LogP contribution in [-0.2, 0) is 0 Å². The number of nitrogens with zero attached hydrogens (tertiary/aromatic N) is 1. The van der Waals surface area contributed by atoms with Gasteiger partial charge in [0.1, 0.15) is 11.2 Å². The van der Waals surface area contributed by atoms with E-state index in [0.717, 1.165) is 44.2 Å². The van der Waals surface area contributed by atoms with Gasteiger partial charge in [0.05, 0.1) is 0 Å². The van der Waals surface area contributed by atoms with E-state index in [1.807, 2.05) is 35.9 Å². The molecule has 0 amide bonds. The van der Waals surface area contributed by atoms with Crippen LogP contribution in [0.2, 0.25) is 0 Å². The second kappa shape index (κ2) is 10.6. The molecule has 0 atom stereocenters. The summed E-state index contributed by atoms with van der Waals surface area (Å²) in [5.41, 5.74) is 8.81. The van der Waals surface area contributed by atoms with Crippen LogP contribution >= 0.6 is 11.3 Å². The van der Waals surface area contributed by atoms with Crippen molar-refractivity contribution in [2.75, 3.05) is 0 Å². The van der Waals surface area contributed by atoms with Gasteiger partial charge in [0.15, 0.2) is 0 Å². The van der Waals surface area contributed by atoms with Crippen LogP contribution in [0.1, 0.15) is 0 Å². The first kappa shape index (κ1) is 27.6. The van der Waals surface area contributed by atoms with Crippen molar-refractivity contribution in [3.63, 3.8) is 0 Å². The number of furan rings is 1. The predicted molar refractivity (Wildman–Crippen MR) is 213 cm³/mol. The van der Waals surface area contributed by atoms with Crippen molar-refractivity contribution in [3.8, 4) is 33.4 Å². The van der Waals surface area contributed by atoms with E-state index in [0.29, 0.717) is 0 Å². The first-order valence-corrected chi connectivity index (χ1v) is 17.7. The van der Waals surface area contributed by atoms with Crippen LogP contribution in [0.15, 0.2) is 168 Å². The molecule has 0 saturated carbocycles. The minimum Gasteiger partial charge on any atom is -0.456 e. The van der Waals surface area contributed by atoms with Gasteiger partial charge in [-0.2, -0.15) is 0 Å². The molecule has 50 heavy (non-hydrogen) atoms. The lowest BCUT2D eigenvalue weighted by Crippen LogP contribution is -1.87. The van der Waals surface area contributed by atoms with Crippen molar-refractivity contribution in [2.24, 2.45) is 0 Å². The third-order valence-corrected chi connectivity index (χ3v) is 11.5. The number of rotatable bonds is 3. The summed E-state index contributed by atoms with van der Waals surface area (Å²) in [6, 6.07) is 54.9. The smallest absolute Gasteiger partial charge is 0.135 e. The van der Waals surface area contributed by atoms with E-state index in [1.54, 1.807) is 0 Å². The lowest BCUT2D eigenvalue weighted by Gasteiger charge is -2.12. The molecule has 0 bridgehead atoms. The van der Waals surface area contributed by atoms with E-state index in [-0.39, 0.29) is 0 Å². The molecule has 11 rings (SSSR count). The summed E-state index contributed by atoms with van der Waals surface area (Å²) in [4.78, 5) is 4.87. The maximum Gasteiger partial charge on any atom is 0.135 e. The number of hydrogen-bond donors (Lipinski definition) is 0. The van der Waals surface area contributed by atoms with Crippen LogP contribution < -0.4 is 0 Å². The zero-order valence-electron chi connectivity index (χ0n) is 26.9. The highest BCUT2D eigenvalue weighted by Gasteiger charge is 2.17. The first-order chi connectivity index (χ1) is 24.8. The maximum atomic E-state index is 6.18. The Balaban J connectivity index is 1.17. The summed E-state index contributed by atoms with van der Waals surface area (Å²) in [6.07, 6.45) is 4.09. The number of fused-ring (bicyclic) bond motifs is 12. The summed E-state index contributed by atoms with van der Waals surface area (Å²) in [5, 5.41) is 12.5. The van der Waals surface area contributed by atoms with Gasteiger partial charge in [-0.15, -0.1) is 11.3 Å². The number of para-hydroxylation sites is 1. The molecule has 232 valence electrons. The molecular formula is C47H27NOS. The highest BCUT2D eigenvalue weighted by molar-refractivity contribution is 7.26. The molecule has 0 saturated heterocycles. The van der Waals surface area contributed by atoms with Gasteiger partial charge in [-0.1, -0.05) is 103 Å². The van der Waals surface area contributed by atoms with Crippen molar-refractivity contribution in [1.82, 2.24) is 4.98 Å². The predicted octanol–water partition coefficient (Wildman–Crippen LogP) is 13.8. The van der Waals surface area contributed by atoms with Crippen molar-refractivity contribution in [3.05, 3.63) is 164 Å². The molecule has 3 aromatic heterocycles. The van der Waals surface area contributed by atoms with Gasteiger partial charge in [-0.3, -0.25) is 4.98 Å². The Labute approximate surface area is 291 Å². The van der Waals surface area contributed by atoms with E-state index in [1.165, 1.54) is 63.6 Å². The molecule has 0 aliphatic heterocycles. The fourth-order valence-corrected chi connectivity index (χ4v) is 9.17. The Kier molecular flexibility index (Phi) is 5.86. The minimum atomic E-state index is 0.904. The van der Waals surface area contributed by atoms with E-state index in [9.17, 15) is 0 Å². The van der Waals surface area contributed by atoms with Crippen molar-refractivity contribution in [1.29, 1.82) is 0 Å². The summed E-state index contributed by atoms with van der Waals surface area (Å²) in [6.45, 7) is 0. The molecule has 0 N–H and O–H groups in total. The van der Waals surface area contributed by atoms with Gasteiger partial charge in [0.2, 0.25) is 0 Å². The third kappa shape index (κ3) is 4.11. The molecule has 0 aliphatic carbocycles. The Morgan fingerprint density at radius 3 is 1.72 bits per heavy atom. The summed E-state index contributed by atoms with van der Waals surface area (Å²) < 4.78 is 8.71. The van der Waals surface area contributed by atoms with Crippen LogP contribution in [0.3, 0.4) is 0 Å². The molecule has 0 radical (unpaired) electrons. The number of thiophene rings is 1. The molecule has 8 aromatic carbocycles. The quantitative estimate of drug-likeness (QED) is 0.177. The normalized spacial score (nSPS) is 12.0. The summed E-state index contributed by atoms with van der Waals surface area (Å²) >= 11 is 1.87. The fraction of sp³-hybridized carbons (Fsp3) is 0. The van der Waals surface area contributed by atoms with Gasteiger partial charge in [-0.25, -0.2) is 0 Å². The number of pyridine rings is 1. The van der Waals surface area contributed by atoms with E-state index < -0.39 is 0 Å². The molecule has 0 unspecified atom stereocenters. The van der Waals surface area contributed by atoms with Crippen LogP contribution in [0.25, 0.3) is 108 Å². The van der Waals surface area contributed by atoms with Crippen molar-refractivity contribution < 1.29 is 4.42 Å².